The minimum Gasteiger partial charge on any atom is -0.504 e. The smallest absolute Gasteiger partial charge is 0.282 e. The predicted octanol–water partition coefficient (Wildman–Crippen LogP) is 7.27. The summed E-state index contributed by atoms with van der Waals surface area (Å²) < 4.78 is 37.3. The standard InChI is InChI=1S/C32H21NO9/c1-37-27-21-23(34)24(15-11-13-16(14-12-15)33(35)36)39-28(21)31(38-2)29-22(27)30-32(42-29)41-26-20-10-6-4-8-18(20)17-7-3-5-9-19(17)25(26)40-30/h3-14,30,32,34H,1-2H3. The molecule has 0 fully saturated rings. The minimum atomic E-state index is -0.873. The van der Waals surface area contributed by atoms with Crippen LogP contribution in [0.1, 0.15) is 11.7 Å². The van der Waals surface area contributed by atoms with Crippen LogP contribution in [-0.4, -0.2) is 30.5 Å². The molecule has 2 unspecified atom stereocenters. The zero-order valence-electron chi connectivity index (χ0n) is 22.2. The normalized spacial score (nSPS) is 16.7. The topological polar surface area (TPSA) is 123 Å². The van der Waals surface area contributed by atoms with E-state index in [1.54, 1.807) is 0 Å². The lowest BCUT2D eigenvalue weighted by Gasteiger charge is -2.30. The van der Waals surface area contributed by atoms with Gasteiger partial charge < -0.3 is 33.2 Å². The fourth-order valence-electron chi connectivity index (χ4n) is 6.03. The number of nitro groups is 1. The lowest BCUT2D eigenvalue weighted by atomic mass is 9.98. The number of non-ortho nitro benzene ring substituents is 1. The van der Waals surface area contributed by atoms with Crippen LogP contribution in [0.15, 0.2) is 77.2 Å². The van der Waals surface area contributed by atoms with Crippen LogP contribution in [0.5, 0.6) is 34.5 Å². The van der Waals surface area contributed by atoms with Crippen molar-refractivity contribution in [1.29, 1.82) is 0 Å². The number of ether oxygens (including phenoxy) is 5. The van der Waals surface area contributed by atoms with E-state index in [0.717, 1.165) is 21.5 Å². The molecule has 8 rings (SSSR count). The Bertz CT molecular complexity index is 2100. The summed E-state index contributed by atoms with van der Waals surface area (Å²) in [6, 6.07) is 21.6. The van der Waals surface area contributed by atoms with Crippen LogP contribution < -0.4 is 23.7 Å². The summed E-state index contributed by atoms with van der Waals surface area (Å²) in [5.74, 6) is 1.84. The van der Waals surface area contributed by atoms with Gasteiger partial charge in [0.2, 0.25) is 11.9 Å². The summed E-state index contributed by atoms with van der Waals surface area (Å²) in [5.41, 5.74) is 1.03. The Morgan fingerprint density at radius 2 is 1.33 bits per heavy atom. The molecule has 0 saturated carbocycles. The maximum absolute atomic E-state index is 11.4. The van der Waals surface area contributed by atoms with Crippen LogP contribution in [0.3, 0.4) is 0 Å². The monoisotopic (exact) mass is 563 g/mol. The Morgan fingerprint density at radius 3 is 1.93 bits per heavy atom. The minimum absolute atomic E-state index is 0.0852. The van der Waals surface area contributed by atoms with Gasteiger partial charge in [0.1, 0.15) is 11.1 Å². The maximum atomic E-state index is 11.4. The van der Waals surface area contributed by atoms with Crippen molar-refractivity contribution >= 4 is 38.2 Å². The number of aromatic hydroxyl groups is 1. The second kappa shape index (κ2) is 8.68. The first-order valence-electron chi connectivity index (χ1n) is 13.1. The fourth-order valence-corrected chi connectivity index (χ4v) is 6.03. The van der Waals surface area contributed by atoms with Crippen LogP contribution in [0, 0.1) is 10.1 Å². The average Bonchev–Trinajstić information content (AvgIpc) is 3.56. The first-order valence-corrected chi connectivity index (χ1v) is 13.1. The van der Waals surface area contributed by atoms with E-state index < -0.39 is 17.3 Å². The highest BCUT2D eigenvalue weighted by Crippen LogP contribution is 2.61. The van der Waals surface area contributed by atoms with Gasteiger partial charge in [0.15, 0.2) is 34.3 Å². The van der Waals surface area contributed by atoms with Crippen molar-refractivity contribution < 1.29 is 38.1 Å². The van der Waals surface area contributed by atoms with Crippen LogP contribution in [0.2, 0.25) is 0 Å². The molecular formula is C32H21NO9. The number of rotatable bonds is 4. The summed E-state index contributed by atoms with van der Waals surface area (Å²) >= 11 is 0. The molecule has 0 spiro atoms. The molecular weight excluding hydrogens is 542 g/mol. The third kappa shape index (κ3) is 3.14. The van der Waals surface area contributed by atoms with Gasteiger partial charge in [-0.25, -0.2) is 0 Å². The highest BCUT2D eigenvalue weighted by molar-refractivity contribution is 6.14. The van der Waals surface area contributed by atoms with E-state index in [-0.39, 0.29) is 39.7 Å². The molecule has 208 valence electrons. The first kappa shape index (κ1) is 24.2. The van der Waals surface area contributed by atoms with Gasteiger partial charge in [-0.15, -0.1) is 0 Å². The van der Waals surface area contributed by atoms with Crippen molar-refractivity contribution in [3.05, 3.63) is 88.5 Å². The molecule has 0 saturated heterocycles. The van der Waals surface area contributed by atoms with Gasteiger partial charge in [0, 0.05) is 28.5 Å². The molecule has 10 heteroatoms. The van der Waals surface area contributed by atoms with Crippen molar-refractivity contribution in [2.24, 2.45) is 0 Å². The quantitative estimate of drug-likeness (QED) is 0.134. The SMILES string of the molecule is COc1c2c(c(OC)c3c(O)c(-c4ccc([N+](=O)[O-])cc4)oc13)C1Oc3c(c4ccccc4c4ccccc34)OC1O2. The van der Waals surface area contributed by atoms with E-state index in [9.17, 15) is 15.2 Å². The number of benzene rings is 5. The van der Waals surface area contributed by atoms with Crippen molar-refractivity contribution in [3.63, 3.8) is 0 Å². The van der Waals surface area contributed by atoms with E-state index in [1.165, 1.54) is 38.5 Å². The number of hydrogen-bond donors (Lipinski definition) is 1. The third-order valence-corrected chi connectivity index (χ3v) is 7.84. The predicted molar refractivity (Wildman–Crippen MR) is 153 cm³/mol. The number of furan rings is 1. The highest BCUT2D eigenvalue weighted by atomic mass is 16.7. The summed E-state index contributed by atoms with van der Waals surface area (Å²) in [6.45, 7) is 0. The Balaban J connectivity index is 1.34. The van der Waals surface area contributed by atoms with Crippen molar-refractivity contribution in [2.75, 3.05) is 14.2 Å². The molecule has 0 radical (unpaired) electrons. The van der Waals surface area contributed by atoms with Gasteiger partial charge in [-0.1, -0.05) is 48.5 Å². The van der Waals surface area contributed by atoms with Crippen LogP contribution in [-0.2, 0) is 0 Å². The summed E-state index contributed by atoms with van der Waals surface area (Å²) in [6.07, 6.45) is -1.63. The molecule has 2 atom stereocenters. The molecule has 0 aliphatic carbocycles. The number of nitrogens with zero attached hydrogens (tertiary/aromatic N) is 1. The number of hydrogen-bond acceptors (Lipinski definition) is 9. The molecule has 6 aromatic rings. The van der Waals surface area contributed by atoms with Gasteiger partial charge in [-0.05, 0) is 22.9 Å². The lowest BCUT2D eigenvalue weighted by molar-refractivity contribution is -0.384. The number of fused-ring (bicyclic) bond motifs is 10. The third-order valence-electron chi connectivity index (χ3n) is 7.84. The molecule has 0 amide bonds. The van der Waals surface area contributed by atoms with Gasteiger partial charge in [0.05, 0.1) is 24.7 Å². The maximum Gasteiger partial charge on any atom is 0.282 e. The van der Waals surface area contributed by atoms with Gasteiger partial charge in [-0.3, -0.25) is 10.1 Å². The Kier molecular flexibility index (Phi) is 5.00. The molecule has 5 aromatic carbocycles. The van der Waals surface area contributed by atoms with Crippen LogP contribution in [0.25, 0.3) is 43.8 Å². The van der Waals surface area contributed by atoms with Crippen molar-refractivity contribution in [1.82, 2.24) is 0 Å². The zero-order chi connectivity index (χ0) is 28.7. The molecule has 42 heavy (non-hydrogen) atoms. The van der Waals surface area contributed by atoms with Crippen LogP contribution in [0.4, 0.5) is 5.69 Å². The molecule has 1 N–H and O–H groups in total. The molecule has 1 aromatic heterocycles. The summed E-state index contributed by atoms with van der Waals surface area (Å²) in [4.78, 5) is 10.6. The van der Waals surface area contributed by atoms with E-state index in [0.29, 0.717) is 28.4 Å². The largest absolute Gasteiger partial charge is 0.504 e. The second-order valence-electron chi connectivity index (χ2n) is 9.99. The lowest BCUT2D eigenvalue weighted by Crippen LogP contribution is -2.33. The highest BCUT2D eigenvalue weighted by Gasteiger charge is 2.49. The second-order valence-corrected chi connectivity index (χ2v) is 9.99. The van der Waals surface area contributed by atoms with Gasteiger partial charge in [-0.2, -0.15) is 0 Å². The molecule has 10 nitrogen and oxygen atoms in total. The molecule has 2 aliphatic heterocycles. The first-order chi connectivity index (χ1) is 20.5. The summed E-state index contributed by atoms with van der Waals surface area (Å²) in [5, 5.41) is 26.6. The Morgan fingerprint density at radius 1 is 0.762 bits per heavy atom. The Hall–Kier alpha value is -5.64. The number of methoxy groups -OCH3 is 2. The van der Waals surface area contributed by atoms with Gasteiger partial charge >= 0.3 is 0 Å². The average molecular weight is 564 g/mol. The van der Waals surface area contributed by atoms with E-state index in [1.807, 2.05) is 48.5 Å². The molecule has 2 aliphatic rings. The molecule has 0 bridgehead atoms. The molecule has 3 heterocycles. The van der Waals surface area contributed by atoms with Crippen molar-refractivity contribution in [3.8, 4) is 45.8 Å². The van der Waals surface area contributed by atoms with E-state index >= 15 is 0 Å². The van der Waals surface area contributed by atoms with E-state index in [4.69, 9.17) is 28.1 Å². The van der Waals surface area contributed by atoms with Gasteiger partial charge in [0.25, 0.3) is 12.0 Å². The van der Waals surface area contributed by atoms with Crippen molar-refractivity contribution in [2.45, 2.75) is 12.4 Å². The fraction of sp³-hybridized carbons (Fsp3) is 0.125. The van der Waals surface area contributed by atoms with E-state index in [2.05, 4.69) is 0 Å². The zero-order valence-corrected chi connectivity index (χ0v) is 22.2. The number of nitro benzene ring substituents is 1. The summed E-state index contributed by atoms with van der Waals surface area (Å²) in [7, 11) is 2.95. The van der Waals surface area contributed by atoms with Crippen LogP contribution >= 0.6 is 0 Å². The Labute approximate surface area is 237 Å².